The number of imidazole rings is 1. The first kappa shape index (κ1) is 21.2. The van der Waals surface area contributed by atoms with Crippen molar-refractivity contribution in [2.45, 2.75) is 18.8 Å². The maximum absolute atomic E-state index is 12.9. The first-order valence-electron chi connectivity index (χ1n) is 11.3. The van der Waals surface area contributed by atoms with E-state index in [4.69, 9.17) is 0 Å². The number of thiophene rings is 1. The first-order valence-corrected chi connectivity index (χ1v) is 12.1. The summed E-state index contributed by atoms with van der Waals surface area (Å²) in [4.78, 5) is 22.5. The number of aromatic nitrogens is 6. The van der Waals surface area contributed by atoms with E-state index in [2.05, 4.69) is 25.5 Å². The molecule has 0 atom stereocenters. The van der Waals surface area contributed by atoms with Gasteiger partial charge in [-0.25, -0.2) is 4.98 Å². The molecule has 1 saturated carbocycles. The highest BCUT2D eigenvalue weighted by atomic mass is 32.1. The summed E-state index contributed by atoms with van der Waals surface area (Å²) >= 11 is 1.49. The van der Waals surface area contributed by atoms with E-state index in [1.54, 1.807) is 24.9 Å². The van der Waals surface area contributed by atoms with Gasteiger partial charge in [-0.1, -0.05) is 30.3 Å². The van der Waals surface area contributed by atoms with E-state index in [0.717, 1.165) is 21.8 Å². The molecule has 5 aromatic rings. The molecule has 4 aromatic heterocycles. The molecule has 6 rings (SSSR count). The average molecular weight is 480 g/mol. The molecule has 1 aliphatic carbocycles. The van der Waals surface area contributed by atoms with Crippen LogP contribution in [0.5, 0.6) is 0 Å². The Hall–Kier alpha value is -4.37. The predicted octanol–water partition coefficient (Wildman–Crippen LogP) is 5.34. The fourth-order valence-corrected chi connectivity index (χ4v) is 4.57. The van der Waals surface area contributed by atoms with Gasteiger partial charge in [0.2, 0.25) is 0 Å². The molecule has 1 aliphatic rings. The molecule has 0 radical (unpaired) electrons. The standard InChI is InChI=1S/C26H21N7OS/c34-26(22-13-21(8-10-27-22)33-14-23(28-16-33)19-6-7-19)30-20-12-24(35-15-20)25-31-29-17-32(25)11-9-18-4-2-1-3-5-18/h1-5,8-17,19H,6-7H2,(H,30,34). The zero-order valence-corrected chi connectivity index (χ0v) is 19.5. The number of amides is 1. The van der Waals surface area contributed by atoms with Gasteiger partial charge in [0.25, 0.3) is 5.91 Å². The van der Waals surface area contributed by atoms with Crippen LogP contribution in [0.1, 0.15) is 40.5 Å². The van der Waals surface area contributed by atoms with Crippen molar-refractivity contribution in [1.82, 2.24) is 29.3 Å². The summed E-state index contributed by atoms with van der Waals surface area (Å²) in [5.74, 6) is 1.01. The van der Waals surface area contributed by atoms with Gasteiger partial charge in [0.1, 0.15) is 12.0 Å². The second kappa shape index (κ2) is 9.11. The van der Waals surface area contributed by atoms with Crippen LogP contribution in [0, 0.1) is 0 Å². The normalized spacial score (nSPS) is 13.4. The summed E-state index contributed by atoms with van der Waals surface area (Å²) in [6.45, 7) is 0. The first-order chi connectivity index (χ1) is 17.2. The van der Waals surface area contributed by atoms with E-state index >= 15 is 0 Å². The van der Waals surface area contributed by atoms with Crippen molar-refractivity contribution in [3.8, 4) is 16.4 Å². The summed E-state index contributed by atoms with van der Waals surface area (Å²) in [6, 6.07) is 15.6. The van der Waals surface area contributed by atoms with Crippen molar-refractivity contribution in [3.05, 3.63) is 95.9 Å². The van der Waals surface area contributed by atoms with Gasteiger partial charge < -0.3 is 9.88 Å². The summed E-state index contributed by atoms with van der Waals surface area (Å²) in [7, 11) is 0. The maximum Gasteiger partial charge on any atom is 0.274 e. The van der Waals surface area contributed by atoms with Crippen LogP contribution >= 0.6 is 11.3 Å². The third kappa shape index (κ3) is 4.67. The van der Waals surface area contributed by atoms with Gasteiger partial charge in [0.15, 0.2) is 5.82 Å². The van der Waals surface area contributed by atoms with Gasteiger partial charge >= 0.3 is 0 Å². The Morgan fingerprint density at radius 2 is 1.97 bits per heavy atom. The molecule has 1 amide bonds. The number of anilines is 1. The Morgan fingerprint density at radius 1 is 1.09 bits per heavy atom. The van der Waals surface area contributed by atoms with E-state index in [1.807, 2.05) is 75.5 Å². The minimum Gasteiger partial charge on any atom is -0.320 e. The molecule has 1 fully saturated rings. The molecule has 0 unspecified atom stereocenters. The Balaban J connectivity index is 1.17. The van der Waals surface area contributed by atoms with E-state index in [1.165, 1.54) is 24.2 Å². The molecule has 4 heterocycles. The molecule has 9 heteroatoms. The van der Waals surface area contributed by atoms with Crippen LogP contribution in [-0.4, -0.2) is 35.2 Å². The topological polar surface area (TPSA) is 90.5 Å². The summed E-state index contributed by atoms with van der Waals surface area (Å²) < 4.78 is 3.79. The lowest BCUT2D eigenvalue weighted by Crippen LogP contribution is -2.13. The highest BCUT2D eigenvalue weighted by molar-refractivity contribution is 7.14. The summed E-state index contributed by atoms with van der Waals surface area (Å²) in [5, 5.41) is 13.1. The summed E-state index contributed by atoms with van der Waals surface area (Å²) in [5.41, 5.74) is 4.06. The monoisotopic (exact) mass is 479 g/mol. The molecule has 0 bridgehead atoms. The lowest BCUT2D eigenvalue weighted by Gasteiger charge is -2.05. The molecule has 1 aromatic carbocycles. The molecule has 0 spiro atoms. The van der Waals surface area contributed by atoms with E-state index in [-0.39, 0.29) is 5.91 Å². The van der Waals surface area contributed by atoms with Crippen molar-refractivity contribution in [2.75, 3.05) is 5.32 Å². The second-order valence-corrected chi connectivity index (χ2v) is 9.23. The molecule has 35 heavy (non-hydrogen) atoms. The summed E-state index contributed by atoms with van der Waals surface area (Å²) in [6.07, 6.45) is 13.4. The largest absolute Gasteiger partial charge is 0.320 e. The van der Waals surface area contributed by atoms with Gasteiger partial charge in [-0.2, -0.15) is 0 Å². The Labute approximate surface area is 205 Å². The lowest BCUT2D eigenvalue weighted by atomic mass is 10.2. The quantitative estimate of drug-likeness (QED) is 0.340. The molecule has 1 N–H and O–H groups in total. The highest BCUT2D eigenvalue weighted by Gasteiger charge is 2.25. The number of rotatable bonds is 7. The molecule has 8 nitrogen and oxygen atoms in total. The Morgan fingerprint density at radius 3 is 2.83 bits per heavy atom. The fraction of sp³-hybridized carbons (Fsp3) is 0.115. The van der Waals surface area contributed by atoms with Crippen molar-refractivity contribution in [1.29, 1.82) is 0 Å². The van der Waals surface area contributed by atoms with Crippen LogP contribution in [0.3, 0.4) is 0 Å². The van der Waals surface area contributed by atoms with Crippen LogP contribution in [0.25, 0.3) is 28.7 Å². The van der Waals surface area contributed by atoms with Crippen LogP contribution in [0.2, 0.25) is 0 Å². The number of hydrogen-bond acceptors (Lipinski definition) is 6. The molecule has 172 valence electrons. The van der Waals surface area contributed by atoms with E-state index < -0.39 is 0 Å². The molecule has 0 saturated heterocycles. The zero-order valence-electron chi connectivity index (χ0n) is 18.7. The van der Waals surface area contributed by atoms with E-state index in [9.17, 15) is 4.79 Å². The fourth-order valence-electron chi connectivity index (χ4n) is 3.75. The average Bonchev–Trinajstić information content (AvgIpc) is 3.26. The number of benzene rings is 1. The minimum atomic E-state index is -0.274. The van der Waals surface area contributed by atoms with Gasteiger partial charge in [0, 0.05) is 29.9 Å². The molecule has 0 aliphatic heterocycles. The van der Waals surface area contributed by atoms with Gasteiger partial charge in [-0.3, -0.25) is 14.3 Å². The van der Waals surface area contributed by atoms with Gasteiger partial charge in [0.05, 0.1) is 28.3 Å². The number of nitrogens with one attached hydrogen (secondary N) is 1. The number of carbonyl (C=O) groups is 1. The van der Waals surface area contributed by atoms with Crippen LogP contribution in [0.15, 0.2) is 79.0 Å². The number of carbonyl (C=O) groups excluding carboxylic acids is 1. The van der Waals surface area contributed by atoms with Gasteiger partial charge in [-0.15, -0.1) is 21.5 Å². The SMILES string of the molecule is O=C(Nc1csc(-c2nncn2C=Cc2ccccc2)c1)c1cc(-n2cnc(C3CC3)c2)ccn1. The maximum atomic E-state index is 12.9. The number of pyridine rings is 1. The minimum absolute atomic E-state index is 0.274. The molecular weight excluding hydrogens is 458 g/mol. The Bertz CT molecular complexity index is 1510. The third-order valence-electron chi connectivity index (χ3n) is 5.75. The highest BCUT2D eigenvalue weighted by Crippen LogP contribution is 2.39. The number of nitrogens with zero attached hydrogens (tertiary/aromatic N) is 6. The van der Waals surface area contributed by atoms with Crippen LogP contribution in [-0.2, 0) is 0 Å². The molecular formula is C26H21N7OS. The van der Waals surface area contributed by atoms with Crippen molar-refractivity contribution in [3.63, 3.8) is 0 Å². The lowest BCUT2D eigenvalue weighted by molar-refractivity contribution is 0.102. The van der Waals surface area contributed by atoms with Crippen LogP contribution < -0.4 is 5.32 Å². The number of hydrogen-bond donors (Lipinski definition) is 1. The zero-order chi connectivity index (χ0) is 23.6. The van der Waals surface area contributed by atoms with Crippen molar-refractivity contribution < 1.29 is 4.79 Å². The second-order valence-electron chi connectivity index (χ2n) is 8.32. The smallest absolute Gasteiger partial charge is 0.274 e. The third-order valence-corrected chi connectivity index (χ3v) is 6.68. The Kier molecular flexibility index (Phi) is 5.51. The van der Waals surface area contributed by atoms with Crippen LogP contribution in [0.4, 0.5) is 5.69 Å². The van der Waals surface area contributed by atoms with Crippen molar-refractivity contribution in [2.24, 2.45) is 0 Å². The predicted molar refractivity (Wildman–Crippen MR) is 136 cm³/mol. The van der Waals surface area contributed by atoms with Crippen molar-refractivity contribution >= 4 is 35.2 Å². The van der Waals surface area contributed by atoms with E-state index in [0.29, 0.717) is 23.1 Å². The van der Waals surface area contributed by atoms with Gasteiger partial charge in [-0.05, 0) is 42.7 Å².